The number of Topliss-reactive ketones (excluding diaryl/α,β-unsaturated/α-hetero) is 1. The van der Waals surface area contributed by atoms with Gasteiger partial charge in [0.15, 0.2) is 5.78 Å². The molecule has 2 heterocycles. The minimum absolute atomic E-state index is 0.236. The second kappa shape index (κ2) is 5.20. The third kappa shape index (κ3) is 2.22. The van der Waals surface area contributed by atoms with E-state index in [4.69, 9.17) is 0 Å². The van der Waals surface area contributed by atoms with Gasteiger partial charge in [0, 0.05) is 29.3 Å². The van der Waals surface area contributed by atoms with Gasteiger partial charge < -0.3 is 4.57 Å². The van der Waals surface area contributed by atoms with E-state index in [1.165, 1.54) is 5.56 Å². The van der Waals surface area contributed by atoms with Crippen molar-refractivity contribution in [3.8, 4) is 22.3 Å². The number of rotatable bonds is 2. The second-order valence-electron chi connectivity index (χ2n) is 7.34. The summed E-state index contributed by atoms with van der Waals surface area (Å²) in [4.78, 5) is 13.0. The van der Waals surface area contributed by atoms with Gasteiger partial charge in [-0.3, -0.25) is 4.79 Å². The quantitative estimate of drug-likeness (QED) is 0.624. The van der Waals surface area contributed by atoms with Crippen LogP contribution in [0.4, 0.5) is 0 Å². The lowest BCUT2D eigenvalue weighted by atomic mass is 9.86. The summed E-state index contributed by atoms with van der Waals surface area (Å²) in [6.07, 6.45) is 2.15. The predicted octanol–water partition coefficient (Wildman–Crippen LogP) is 5.35. The van der Waals surface area contributed by atoms with E-state index in [2.05, 4.69) is 54.1 Å². The van der Waals surface area contributed by atoms with Crippen molar-refractivity contribution in [2.75, 3.05) is 0 Å². The minimum atomic E-state index is -0.329. The van der Waals surface area contributed by atoms with E-state index in [0.717, 1.165) is 34.5 Å². The van der Waals surface area contributed by atoms with Crippen LogP contribution in [0.2, 0.25) is 0 Å². The SMILES string of the molecule is Cc1ccc(-c2cn3c(c2-c2ccccc2)C(=O)C(C)(C)C3)cc1. The van der Waals surface area contributed by atoms with E-state index in [-0.39, 0.29) is 11.2 Å². The number of fused-ring (bicyclic) bond motifs is 1. The molecule has 0 saturated heterocycles. The van der Waals surface area contributed by atoms with E-state index in [1.54, 1.807) is 0 Å². The lowest BCUT2D eigenvalue weighted by molar-refractivity contribution is 0.0861. The Morgan fingerprint density at radius 2 is 1.58 bits per heavy atom. The lowest BCUT2D eigenvalue weighted by Gasteiger charge is -2.15. The molecule has 24 heavy (non-hydrogen) atoms. The summed E-state index contributed by atoms with van der Waals surface area (Å²) in [6, 6.07) is 18.8. The highest BCUT2D eigenvalue weighted by molar-refractivity contribution is 6.09. The van der Waals surface area contributed by atoms with Gasteiger partial charge in [-0.1, -0.05) is 74.0 Å². The number of carbonyl (C=O) groups excluding carboxylic acids is 1. The molecule has 0 aliphatic carbocycles. The summed E-state index contributed by atoms with van der Waals surface area (Å²) in [5.41, 5.74) is 6.23. The van der Waals surface area contributed by atoms with Crippen molar-refractivity contribution >= 4 is 5.78 Å². The highest BCUT2D eigenvalue weighted by atomic mass is 16.1. The smallest absolute Gasteiger partial charge is 0.187 e. The molecule has 1 aliphatic heterocycles. The minimum Gasteiger partial charge on any atom is -0.343 e. The molecular formula is C22H21NO. The van der Waals surface area contributed by atoms with Crippen LogP contribution < -0.4 is 0 Å². The van der Waals surface area contributed by atoms with Gasteiger partial charge in [-0.05, 0) is 18.1 Å². The Bertz CT molecular complexity index is 915. The average molecular weight is 315 g/mol. The van der Waals surface area contributed by atoms with Crippen LogP contribution in [0.3, 0.4) is 0 Å². The van der Waals surface area contributed by atoms with Crippen molar-refractivity contribution in [3.05, 3.63) is 72.1 Å². The van der Waals surface area contributed by atoms with Crippen LogP contribution in [0.5, 0.6) is 0 Å². The van der Waals surface area contributed by atoms with Crippen molar-refractivity contribution < 1.29 is 4.79 Å². The summed E-state index contributed by atoms with van der Waals surface area (Å²) >= 11 is 0. The molecule has 2 heteroatoms. The maximum atomic E-state index is 13.0. The summed E-state index contributed by atoms with van der Waals surface area (Å²) in [5.74, 6) is 0.236. The zero-order valence-corrected chi connectivity index (χ0v) is 14.3. The summed E-state index contributed by atoms with van der Waals surface area (Å²) in [5, 5.41) is 0. The first-order valence-corrected chi connectivity index (χ1v) is 8.38. The van der Waals surface area contributed by atoms with E-state index >= 15 is 0 Å². The summed E-state index contributed by atoms with van der Waals surface area (Å²) in [6.45, 7) is 6.89. The molecule has 1 aromatic heterocycles. The first-order chi connectivity index (χ1) is 11.5. The van der Waals surface area contributed by atoms with E-state index in [1.807, 2.05) is 32.0 Å². The van der Waals surface area contributed by atoms with Gasteiger partial charge in [0.05, 0.1) is 5.69 Å². The van der Waals surface area contributed by atoms with Gasteiger partial charge in [0.1, 0.15) is 0 Å². The fraction of sp³-hybridized carbons (Fsp3) is 0.227. The highest BCUT2D eigenvalue weighted by Crippen LogP contribution is 2.43. The molecule has 0 radical (unpaired) electrons. The highest BCUT2D eigenvalue weighted by Gasteiger charge is 2.40. The Kier molecular flexibility index (Phi) is 3.24. The molecular weight excluding hydrogens is 294 g/mol. The van der Waals surface area contributed by atoms with Crippen LogP contribution in [0, 0.1) is 12.3 Å². The van der Waals surface area contributed by atoms with Crippen molar-refractivity contribution in [2.45, 2.75) is 27.3 Å². The van der Waals surface area contributed by atoms with Gasteiger partial charge in [0.2, 0.25) is 0 Å². The number of aromatic nitrogens is 1. The Hall–Kier alpha value is -2.61. The normalized spacial score (nSPS) is 15.5. The first-order valence-electron chi connectivity index (χ1n) is 8.38. The molecule has 2 nitrogen and oxygen atoms in total. The fourth-order valence-corrected chi connectivity index (χ4v) is 3.59. The van der Waals surface area contributed by atoms with Crippen molar-refractivity contribution in [1.82, 2.24) is 4.57 Å². The molecule has 0 saturated carbocycles. The number of benzene rings is 2. The predicted molar refractivity (Wildman–Crippen MR) is 98.2 cm³/mol. The molecule has 0 fully saturated rings. The van der Waals surface area contributed by atoms with Gasteiger partial charge in [0.25, 0.3) is 0 Å². The Labute approximate surface area is 142 Å². The Balaban J connectivity index is 1.98. The largest absolute Gasteiger partial charge is 0.343 e. The second-order valence-corrected chi connectivity index (χ2v) is 7.34. The van der Waals surface area contributed by atoms with Crippen LogP contribution >= 0.6 is 0 Å². The Morgan fingerprint density at radius 3 is 2.25 bits per heavy atom. The number of ketones is 1. The van der Waals surface area contributed by atoms with E-state index in [9.17, 15) is 4.79 Å². The maximum Gasteiger partial charge on any atom is 0.187 e. The third-order valence-electron chi connectivity index (χ3n) is 4.90. The van der Waals surface area contributed by atoms with Crippen LogP contribution in [0.15, 0.2) is 60.8 Å². The van der Waals surface area contributed by atoms with E-state index < -0.39 is 0 Å². The molecule has 0 N–H and O–H groups in total. The number of hydrogen-bond acceptors (Lipinski definition) is 1. The van der Waals surface area contributed by atoms with Crippen molar-refractivity contribution in [2.24, 2.45) is 5.41 Å². The first kappa shape index (κ1) is 14.9. The molecule has 0 unspecified atom stereocenters. The number of carbonyl (C=O) groups is 1. The number of hydrogen-bond donors (Lipinski definition) is 0. The van der Waals surface area contributed by atoms with Crippen LogP contribution in [-0.4, -0.2) is 10.4 Å². The fourth-order valence-electron chi connectivity index (χ4n) is 3.59. The third-order valence-corrected chi connectivity index (χ3v) is 4.90. The monoisotopic (exact) mass is 315 g/mol. The molecule has 0 spiro atoms. The molecule has 0 atom stereocenters. The molecule has 120 valence electrons. The van der Waals surface area contributed by atoms with Gasteiger partial charge in [-0.2, -0.15) is 0 Å². The van der Waals surface area contributed by atoms with E-state index in [0.29, 0.717) is 0 Å². The standard InChI is InChI=1S/C22H21NO/c1-15-9-11-16(12-10-15)18-13-23-14-22(2,3)21(24)20(23)19(18)17-7-5-4-6-8-17/h4-13H,14H2,1-3H3. The van der Waals surface area contributed by atoms with Crippen LogP contribution in [0.1, 0.15) is 29.9 Å². The van der Waals surface area contributed by atoms with Crippen LogP contribution in [-0.2, 0) is 6.54 Å². The molecule has 1 aliphatic rings. The molecule has 0 bridgehead atoms. The van der Waals surface area contributed by atoms with Gasteiger partial charge >= 0.3 is 0 Å². The molecule has 2 aromatic carbocycles. The zero-order valence-electron chi connectivity index (χ0n) is 14.3. The average Bonchev–Trinajstić information content (AvgIpc) is 3.03. The number of aryl methyl sites for hydroxylation is 1. The van der Waals surface area contributed by atoms with Crippen molar-refractivity contribution in [1.29, 1.82) is 0 Å². The molecule has 0 amide bonds. The zero-order chi connectivity index (χ0) is 16.9. The summed E-state index contributed by atoms with van der Waals surface area (Å²) < 4.78 is 2.14. The van der Waals surface area contributed by atoms with Crippen molar-refractivity contribution in [3.63, 3.8) is 0 Å². The molecule has 3 aromatic rings. The topological polar surface area (TPSA) is 22.0 Å². The van der Waals surface area contributed by atoms with Gasteiger partial charge in [-0.15, -0.1) is 0 Å². The number of nitrogens with zero attached hydrogens (tertiary/aromatic N) is 1. The maximum absolute atomic E-state index is 13.0. The Morgan fingerprint density at radius 1 is 0.917 bits per heavy atom. The van der Waals surface area contributed by atoms with Gasteiger partial charge in [-0.25, -0.2) is 0 Å². The lowest BCUT2D eigenvalue weighted by Crippen LogP contribution is -2.20. The summed E-state index contributed by atoms with van der Waals surface area (Å²) in [7, 11) is 0. The van der Waals surface area contributed by atoms with Crippen LogP contribution in [0.25, 0.3) is 22.3 Å². The molecule has 4 rings (SSSR count).